The van der Waals surface area contributed by atoms with Crippen LogP contribution < -0.4 is 19.5 Å². The van der Waals surface area contributed by atoms with Crippen LogP contribution in [0.5, 0.6) is 17.2 Å². The average Bonchev–Trinajstić information content (AvgIpc) is 3.20. The maximum atomic E-state index is 12.5. The van der Waals surface area contributed by atoms with Crippen molar-refractivity contribution in [1.29, 1.82) is 0 Å². The molecule has 0 atom stereocenters. The number of benzene rings is 2. The van der Waals surface area contributed by atoms with E-state index in [0.29, 0.717) is 35.1 Å². The molecule has 1 heterocycles. The zero-order chi connectivity index (χ0) is 18.4. The highest BCUT2D eigenvalue weighted by Gasteiger charge is 2.13. The molecule has 26 heavy (non-hydrogen) atoms. The van der Waals surface area contributed by atoms with E-state index in [9.17, 15) is 4.79 Å². The number of hydrogen-bond acceptors (Lipinski definition) is 6. The Bertz CT molecular complexity index is 881. The van der Waals surface area contributed by atoms with Crippen molar-refractivity contribution in [2.75, 3.05) is 19.5 Å². The summed E-state index contributed by atoms with van der Waals surface area (Å²) in [7, 11) is 3.09. The summed E-state index contributed by atoms with van der Waals surface area (Å²) >= 11 is 1.51. The summed E-state index contributed by atoms with van der Waals surface area (Å²) < 4.78 is 16.3. The maximum Gasteiger partial charge on any atom is 0.255 e. The normalized spacial score (nSPS) is 10.2. The molecule has 7 heteroatoms. The number of anilines is 1. The Kier molecular flexibility index (Phi) is 5.70. The predicted octanol–water partition coefficient (Wildman–Crippen LogP) is 3.99. The molecule has 0 aliphatic heterocycles. The van der Waals surface area contributed by atoms with Crippen molar-refractivity contribution < 1.29 is 19.0 Å². The number of amides is 1. The number of hydrogen-bond donors (Lipinski definition) is 1. The molecule has 0 radical (unpaired) electrons. The first-order valence-corrected chi connectivity index (χ1v) is 8.78. The van der Waals surface area contributed by atoms with Gasteiger partial charge in [-0.2, -0.15) is 0 Å². The van der Waals surface area contributed by atoms with Gasteiger partial charge in [0.05, 0.1) is 31.1 Å². The molecule has 1 aromatic heterocycles. The van der Waals surface area contributed by atoms with Crippen molar-refractivity contribution in [3.63, 3.8) is 0 Å². The van der Waals surface area contributed by atoms with Gasteiger partial charge < -0.3 is 19.5 Å². The minimum atomic E-state index is -0.265. The lowest BCUT2D eigenvalue weighted by atomic mass is 10.1. The number of nitrogens with one attached hydrogen (secondary N) is 1. The monoisotopic (exact) mass is 370 g/mol. The smallest absolute Gasteiger partial charge is 0.255 e. The topological polar surface area (TPSA) is 69.7 Å². The number of aromatic nitrogens is 1. The molecule has 0 spiro atoms. The highest BCUT2D eigenvalue weighted by atomic mass is 32.1. The van der Waals surface area contributed by atoms with Gasteiger partial charge in [-0.25, -0.2) is 4.98 Å². The van der Waals surface area contributed by atoms with Crippen molar-refractivity contribution in [1.82, 2.24) is 4.98 Å². The van der Waals surface area contributed by atoms with Crippen molar-refractivity contribution in [3.8, 4) is 17.2 Å². The fourth-order valence-corrected chi connectivity index (χ4v) is 2.87. The molecular weight excluding hydrogens is 352 g/mol. The number of ether oxygens (including phenoxy) is 3. The van der Waals surface area contributed by atoms with Crippen molar-refractivity contribution in [2.45, 2.75) is 6.61 Å². The average molecular weight is 370 g/mol. The van der Waals surface area contributed by atoms with Gasteiger partial charge in [0.1, 0.15) is 12.4 Å². The predicted molar refractivity (Wildman–Crippen MR) is 100 cm³/mol. The first-order chi connectivity index (χ1) is 12.7. The second-order valence-corrected chi connectivity index (χ2v) is 6.01. The molecule has 0 unspecified atom stereocenters. The van der Waals surface area contributed by atoms with Crippen molar-refractivity contribution in [2.24, 2.45) is 0 Å². The summed E-state index contributed by atoms with van der Waals surface area (Å²) in [4.78, 5) is 16.7. The van der Waals surface area contributed by atoms with Crippen molar-refractivity contribution in [3.05, 3.63) is 64.6 Å². The van der Waals surface area contributed by atoms with Crippen LogP contribution in [-0.4, -0.2) is 25.1 Å². The number of carbonyl (C=O) groups excluding carboxylic acids is 1. The fraction of sp³-hybridized carbons (Fsp3) is 0.158. The molecule has 0 saturated heterocycles. The Morgan fingerprint density at radius 3 is 2.62 bits per heavy atom. The van der Waals surface area contributed by atoms with Crippen LogP contribution in [0.3, 0.4) is 0 Å². The van der Waals surface area contributed by atoms with E-state index < -0.39 is 0 Å². The van der Waals surface area contributed by atoms with E-state index in [-0.39, 0.29) is 5.91 Å². The third-order valence-electron chi connectivity index (χ3n) is 3.64. The Balaban J connectivity index is 1.74. The standard InChI is InChI=1S/C19H18N2O4S/c1-23-16-6-4-3-5-15(16)21-19(22)13-7-8-17(18(9-13)24-2)25-10-14-11-26-12-20-14/h3-9,11-12H,10H2,1-2H3,(H,21,22). The van der Waals surface area contributed by atoms with Crippen LogP contribution in [0.4, 0.5) is 5.69 Å². The molecular formula is C19H18N2O4S. The van der Waals surface area contributed by atoms with E-state index in [4.69, 9.17) is 14.2 Å². The molecule has 134 valence electrons. The number of carbonyl (C=O) groups is 1. The SMILES string of the molecule is COc1ccccc1NC(=O)c1ccc(OCc2cscn2)c(OC)c1. The summed E-state index contributed by atoms with van der Waals surface area (Å²) in [5, 5.41) is 4.75. The van der Waals surface area contributed by atoms with Gasteiger partial charge >= 0.3 is 0 Å². The molecule has 0 aliphatic carbocycles. The van der Waals surface area contributed by atoms with Crippen LogP contribution in [0.15, 0.2) is 53.4 Å². The third-order valence-corrected chi connectivity index (χ3v) is 4.28. The third kappa shape index (κ3) is 4.12. The van der Waals surface area contributed by atoms with Crippen LogP contribution in [0.2, 0.25) is 0 Å². The molecule has 1 N–H and O–H groups in total. The van der Waals surface area contributed by atoms with Crippen molar-refractivity contribution >= 4 is 22.9 Å². The summed E-state index contributed by atoms with van der Waals surface area (Å²) in [6.45, 7) is 0.340. The minimum absolute atomic E-state index is 0.265. The zero-order valence-corrected chi connectivity index (χ0v) is 15.2. The Hall–Kier alpha value is -3.06. The lowest BCUT2D eigenvalue weighted by molar-refractivity contribution is 0.102. The molecule has 0 fully saturated rings. The molecule has 6 nitrogen and oxygen atoms in total. The lowest BCUT2D eigenvalue weighted by Gasteiger charge is -2.13. The fourth-order valence-electron chi connectivity index (χ4n) is 2.33. The molecule has 2 aromatic carbocycles. The molecule has 0 saturated carbocycles. The number of methoxy groups -OCH3 is 2. The van der Waals surface area contributed by atoms with Gasteiger partial charge in [0, 0.05) is 10.9 Å². The highest BCUT2D eigenvalue weighted by molar-refractivity contribution is 7.07. The van der Waals surface area contributed by atoms with Crippen LogP contribution >= 0.6 is 11.3 Å². The van der Waals surface area contributed by atoms with Gasteiger partial charge in [-0.1, -0.05) is 12.1 Å². The van der Waals surface area contributed by atoms with Gasteiger partial charge in [-0.3, -0.25) is 4.79 Å². The van der Waals surface area contributed by atoms with E-state index in [1.807, 2.05) is 17.5 Å². The molecule has 0 bridgehead atoms. The van der Waals surface area contributed by atoms with Gasteiger partial charge in [-0.05, 0) is 30.3 Å². The highest BCUT2D eigenvalue weighted by Crippen LogP contribution is 2.30. The minimum Gasteiger partial charge on any atom is -0.495 e. The van der Waals surface area contributed by atoms with Crippen LogP contribution in [0.25, 0.3) is 0 Å². The lowest BCUT2D eigenvalue weighted by Crippen LogP contribution is -2.13. The van der Waals surface area contributed by atoms with Crippen LogP contribution in [0, 0.1) is 0 Å². The van der Waals surface area contributed by atoms with E-state index in [1.54, 1.807) is 43.0 Å². The van der Waals surface area contributed by atoms with Gasteiger partial charge in [0.25, 0.3) is 5.91 Å². The van der Waals surface area contributed by atoms with Gasteiger partial charge in [0.15, 0.2) is 11.5 Å². The number of rotatable bonds is 7. The first kappa shape index (κ1) is 17.8. The molecule has 0 aliphatic rings. The van der Waals surface area contributed by atoms with E-state index in [2.05, 4.69) is 10.3 Å². The quantitative estimate of drug-likeness (QED) is 0.681. The summed E-state index contributed by atoms with van der Waals surface area (Å²) in [5.41, 5.74) is 3.65. The van der Waals surface area contributed by atoms with E-state index >= 15 is 0 Å². The summed E-state index contributed by atoms with van der Waals surface area (Å²) in [6.07, 6.45) is 0. The number of nitrogens with zero attached hydrogens (tertiary/aromatic N) is 1. The van der Waals surface area contributed by atoms with Gasteiger partial charge in [-0.15, -0.1) is 11.3 Å². The molecule has 1 amide bonds. The zero-order valence-electron chi connectivity index (χ0n) is 14.4. The molecule has 3 aromatic rings. The second-order valence-electron chi connectivity index (χ2n) is 5.29. The number of thiazole rings is 1. The first-order valence-electron chi connectivity index (χ1n) is 7.83. The second kappa shape index (κ2) is 8.35. The summed E-state index contributed by atoms with van der Waals surface area (Å²) in [5.74, 6) is 1.36. The van der Waals surface area contributed by atoms with Gasteiger partial charge in [0.2, 0.25) is 0 Å². The number of para-hydroxylation sites is 2. The largest absolute Gasteiger partial charge is 0.495 e. The summed E-state index contributed by atoms with van der Waals surface area (Å²) in [6, 6.07) is 12.3. The Labute approximate surface area is 155 Å². The van der Waals surface area contributed by atoms with E-state index in [0.717, 1.165) is 5.69 Å². The Morgan fingerprint density at radius 1 is 1.08 bits per heavy atom. The van der Waals surface area contributed by atoms with E-state index in [1.165, 1.54) is 18.4 Å². The molecule has 3 rings (SSSR count). The van der Waals surface area contributed by atoms with Crippen LogP contribution in [0.1, 0.15) is 16.1 Å². The maximum absolute atomic E-state index is 12.5. The van der Waals surface area contributed by atoms with Crippen LogP contribution in [-0.2, 0) is 6.61 Å². The Morgan fingerprint density at radius 2 is 1.88 bits per heavy atom.